The van der Waals surface area contributed by atoms with Crippen LogP contribution in [0.15, 0.2) is 36.5 Å². The summed E-state index contributed by atoms with van der Waals surface area (Å²) in [6, 6.07) is 7.41. The number of rotatable bonds is 7. The summed E-state index contributed by atoms with van der Waals surface area (Å²) in [5.41, 5.74) is 3.36. The third-order valence-corrected chi connectivity index (χ3v) is 5.63. The van der Waals surface area contributed by atoms with Gasteiger partial charge in [-0.2, -0.15) is 0 Å². The molecule has 0 unspecified atom stereocenters. The highest BCUT2D eigenvalue weighted by Crippen LogP contribution is 2.21. The monoisotopic (exact) mass is 410 g/mol. The van der Waals surface area contributed by atoms with Gasteiger partial charge in [-0.3, -0.25) is 14.0 Å². The lowest BCUT2D eigenvalue weighted by molar-refractivity contribution is -0.116. The summed E-state index contributed by atoms with van der Waals surface area (Å²) in [4.78, 5) is 30.9. The number of nitrogens with zero attached hydrogens (tertiary/aromatic N) is 2. The summed E-state index contributed by atoms with van der Waals surface area (Å²) in [5, 5.41) is 5.81. The number of fused-ring (bicyclic) bond motifs is 1. The van der Waals surface area contributed by atoms with Gasteiger partial charge in [-0.1, -0.05) is 19.1 Å². The Morgan fingerprint density at radius 3 is 2.66 bits per heavy atom. The fourth-order valence-electron chi connectivity index (χ4n) is 2.87. The molecule has 0 aliphatic carbocycles. The quantitative estimate of drug-likeness (QED) is 0.581. The first-order valence-corrected chi connectivity index (χ1v) is 10.5. The van der Waals surface area contributed by atoms with E-state index in [0.29, 0.717) is 12.1 Å². The van der Waals surface area contributed by atoms with E-state index in [1.165, 1.54) is 11.0 Å². The molecule has 29 heavy (non-hydrogen) atoms. The molecule has 3 aromatic rings. The molecular weight excluding hydrogens is 384 g/mol. The van der Waals surface area contributed by atoms with E-state index in [-0.39, 0.29) is 17.9 Å². The molecule has 0 saturated heterocycles. The zero-order valence-corrected chi connectivity index (χ0v) is 18.0. The van der Waals surface area contributed by atoms with Crippen LogP contribution in [0.3, 0.4) is 0 Å². The third-order valence-electron chi connectivity index (χ3n) is 4.73. The van der Waals surface area contributed by atoms with Gasteiger partial charge < -0.3 is 10.6 Å². The van der Waals surface area contributed by atoms with Gasteiger partial charge in [0, 0.05) is 35.3 Å². The Morgan fingerprint density at radius 1 is 1.24 bits per heavy atom. The van der Waals surface area contributed by atoms with Crippen LogP contribution in [0.4, 0.5) is 0 Å². The first kappa shape index (κ1) is 20.8. The van der Waals surface area contributed by atoms with Gasteiger partial charge in [0.15, 0.2) is 4.96 Å². The van der Waals surface area contributed by atoms with Crippen molar-refractivity contribution in [2.45, 2.75) is 46.7 Å². The van der Waals surface area contributed by atoms with E-state index < -0.39 is 0 Å². The van der Waals surface area contributed by atoms with E-state index in [0.717, 1.165) is 28.3 Å². The molecule has 0 radical (unpaired) electrons. The predicted molar refractivity (Wildman–Crippen MR) is 117 cm³/mol. The van der Waals surface area contributed by atoms with Crippen molar-refractivity contribution in [2.24, 2.45) is 0 Å². The lowest BCUT2D eigenvalue weighted by Gasteiger charge is -2.11. The number of aryl methyl sites for hydroxylation is 2. The number of hydrogen-bond acceptors (Lipinski definition) is 4. The van der Waals surface area contributed by atoms with Crippen LogP contribution >= 0.6 is 11.3 Å². The van der Waals surface area contributed by atoms with Crippen molar-refractivity contribution in [2.75, 3.05) is 0 Å². The maximum atomic E-state index is 12.2. The number of aromatic nitrogens is 2. The smallest absolute Gasteiger partial charge is 0.251 e. The average molecular weight is 411 g/mol. The Bertz CT molecular complexity index is 1050. The first-order chi connectivity index (χ1) is 13.9. The zero-order chi connectivity index (χ0) is 21.0. The van der Waals surface area contributed by atoms with Gasteiger partial charge >= 0.3 is 0 Å². The van der Waals surface area contributed by atoms with Crippen LogP contribution in [-0.2, 0) is 11.3 Å². The number of thiazole rings is 1. The number of amides is 2. The predicted octanol–water partition coefficient (Wildman–Crippen LogP) is 3.87. The van der Waals surface area contributed by atoms with Crippen molar-refractivity contribution >= 4 is 34.2 Å². The molecule has 1 atom stereocenters. The molecule has 0 bridgehead atoms. The Morgan fingerprint density at radius 2 is 1.97 bits per heavy atom. The minimum absolute atomic E-state index is 0.0796. The standard InChI is InChI=1S/C22H26N4O2S/c1-5-14(2)24-21(28)18-8-6-17(7-9-18)12-23-20(27)11-10-19-16(4)25-22-26(19)13-15(3)29-22/h6-11,13-14H,5,12H2,1-4H3,(H,23,27)(H,24,28)/b11-10+/t14-/m1/s1. The number of benzene rings is 1. The molecule has 2 aromatic heterocycles. The lowest BCUT2D eigenvalue weighted by Crippen LogP contribution is -2.31. The Balaban J connectivity index is 1.57. The van der Waals surface area contributed by atoms with Crippen LogP contribution in [0.1, 0.15) is 52.5 Å². The summed E-state index contributed by atoms with van der Waals surface area (Å²) in [6.45, 7) is 8.38. The molecule has 1 aromatic carbocycles. The average Bonchev–Trinajstić information content (AvgIpc) is 3.19. The number of carbonyl (C=O) groups excluding carboxylic acids is 2. The van der Waals surface area contributed by atoms with Crippen molar-refractivity contribution in [3.05, 3.63) is 63.9 Å². The zero-order valence-electron chi connectivity index (χ0n) is 17.2. The Kier molecular flexibility index (Phi) is 6.49. The fourth-order valence-corrected chi connectivity index (χ4v) is 3.75. The third kappa shape index (κ3) is 5.12. The maximum absolute atomic E-state index is 12.2. The normalized spacial score (nSPS) is 12.4. The molecule has 6 nitrogen and oxygen atoms in total. The summed E-state index contributed by atoms with van der Waals surface area (Å²) >= 11 is 1.63. The van der Waals surface area contributed by atoms with Crippen molar-refractivity contribution in [1.82, 2.24) is 20.0 Å². The van der Waals surface area contributed by atoms with Gasteiger partial charge in [0.1, 0.15) is 0 Å². The minimum Gasteiger partial charge on any atom is -0.350 e. The highest BCUT2D eigenvalue weighted by atomic mass is 32.1. The van der Waals surface area contributed by atoms with Gasteiger partial charge in [-0.05, 0) is 51.0 Å². The van der Waals surface area contributed by atoms with E-state index in [1.807, 2.05) is 50.4 Å². The Labute approximate surface area is 174 Å². The number of nitrogens with one attached hydrogen (secondary N) is 2. The topological polar surface area (TPSA) is 75.5 Å². The van der Waals surface area contributed by atoms with E-state index in [4.69, 9.17) is 0 Å². The molecular formula is C22H26N4O2S. The molecule has 0 spiro atoms. The lowest BCUT2D eigenvalue weighted by atomic mass is 10.1. The summed E-state index contributed by atoms with van der Waals surface area (Å²) in [7, 11) is 0. The Hall–Kier alpha value is -2.93. The van der Waals surface area contributed by atoms with E-state index in [1.54, 1.807) is 29.5 Å². The van der Waals surface area contributed by atoms with Crippen LogP contribution in [0, 0.1) is 13.8 Å². The van der Waals surface area contributed by atoms with Crippen LogP contribution < -0.4 is 10.6 Å². The van der Waals surface area contributed by atoms with Gasteiger partial charge in [-0.25, -0.2) is 4.98 Å². The van der Waals surface area contributed by atoms with Crippen LogP contribution in [0.2, 0.25) is 0 Å². The molecule has 2 heterocycles. The number of imidazole rings is 1. The summed E-state index contributed by atoms with van der Waals surface area (Å²) in [5.74, 6) is -0.256. The number of hydrogen-bond donors (Lipinski definition) is 2. The maximum Gasteiger partial charge on any atom is 0.251 e. The molecule has 0 aliphatic heterocycles. The summed E-state index contributed by atoms with van der Waals surface area (Å²) in [6.07, 6.45) is 6.23. The first-order valence-electron chi connectivity index (χ1n) is 9.68. The van der Waals surface area contributed by atoms with E-state index >= 15 is 0 Å². The van der Waals surface area contributed by atoms with Crippen LogP contribution in [-0.4, -0.2) is 27.2 Å². The molecule has 0 saturated carbocycles. The summed E-state index contributed by atoms with van der Waals surface area (Å²) < 4.78 is 2.00. The highest BCUT2D eigenvalue weighted by molar-refractivity contribution is 7.17. The molecule has 0 aliphatic rings. The van der Waals surface area contributed by atoms with Gasteiger partial charge in [-0.15, -0.1) is 11.3 Å². The van der Waals surface area contributed by atoms with Crippen LogP contribution in [0.25, 0.3) is 11.0 Å². The second-order valence-electron chi connectivity index (χ2n) is 7.11. The van der Waals surface area contributed by atoms with Gasteiger partial charge in [0.05, 0.1) is 11.4 Å². The van der Waals surface area contributed by atoms with Gasteiger partial charge in [0.25, 0.3) is 5.91 Å². The second kappa shape index (κ2) is 9.05. The van der Waals surface area contributed by atoms with Crippen LogP contribution in [0.5, 0.6) is 0 Å². The molecule has 2 N–H and O–H groups in total. The second-order valence-corrected chi connectivity index (χ2v) is 8.32. The molecule has 7 heteroatoms. The van der Waals surface area contributed by atoms with Crippen molar-refractivity contribution < 1.29 is 9.59 Å². The van der Waals surface area contributed by atoms with Crippen molar-refractivity contribution in [3.8, 4) is 0 Å². The molecule has 0 fully saturated rings. The fraction of sp³-hybridized carbons (Fsp3) is 0.318. The van der Waals surface area contributed by atoms with Crippen molar-refractivity contribution in [3.63, 3.8) is 0 Å². The largest absolute Gasteiger partial charge is 0.350 e. The van der Waals surface area contributed by atoms with Crippen molar-refractivity contribution in [1.29, 1.82) is 0 Å². The van der Waals surface area contributed by atoms with E-state index in [9.17, 15) is 9.59 Å². The molecule has 3 rings (SSSR count). The number of carbonyl (C=O) groups is 2. The molecule has 152 valence electrons. The van der Waals surface area contributed by atoms with Gasteiger partial charge in [0.2, 0.25) is 5.91 Å². The molecule has 2 amide bonds. The SMILES string of the molecule is CC[C@@H](C)NC(=O)c1ccc(CNC(=O)/C=C/c2c(C)nc3sc(C)cn23)cc1. The van der Waals surface area contributed by atoms with E-state index in [2.05, 4.69) is 15.6 Å². The minimum atomic E-state index is -0.176. The highest BCUT2D eigenvalue weighted by Gasteiger charge is 2.10.